The third-order valence-electron chi connectivity index (χ3n) is 2.47. The molecule has 0 heterocycles. The van der Waals surface area contributed by atoms with E-state index in [9.17, 15) is 19.1 Å². The summed E-state index contributed by atoms with van der Waals surface area (Å²) in [6.07, 6.45) is 0.247. The van der Waals surface area contributed by atoms with Crippen LogP contribution in [0.2, 0.25) is 0 Å². The van der Waals surface area contributed by atoms with Gasteiger partial charge in [0.2, 0.25) is 0 Å². The van der Waals surface area contributed by atoms with Crippen LogP contribution in [0.4, 0.5) is 4.39 Å². The number of carbonyl (C=O) groups excluding carboxylic acids is 2. The van der Waals surface area contributed by atoms with Crippen molar-refractivity contribution >= 4 is 23.5 Å². The Kier molecular flexibility index (Phi) is 5.82. The number of carbonyl (C=O) groups is 2. The molecule has 0 fully saturated rings. The third kappa shape index (κ3) is 4.55. The summed E-state index contributed by atoms with van der Waals surface area (Å²) in [5.41, 5.74) is 0.323. The monoisotopic (exact) mass is 286 g/mol. The van der Waals surface area contributed by atoms with E-state index >= 15 is 0 Å². The van der Waals surface area contributed by atoms with E-state index in [1.54, 1.807) is 0 Å². The van der Waals surface area contributed by atoms with E-state index in [1.165, 1.54) is 31.9 Å². The molecule has 0 spiro atoms. The normalized spacial score (nSPS) is 10.3. The van der Waals surface area contributed by atoms with Gasteiger partial charge in [0.25, 0.3) is 0 Å². The lowest BCUT2D eigenvalue weighted by atomic mass is 10.1. The fraction of sp³-hybridized carbons (Fsp3) is 0.385. The van der Waals surface area contributed by atoms with Gasteiger partial charge >= 0.3 is 5.97 Å². The maximum absolute atomic E-state index is 13.3. The standard InChI is InChI=1S/C13H15FO4S/c1-8(15)11-6-10(14)5-9(13(11)17)7-19-4-3-12(16)18-2/h5-6,17H,3-4,7H2,1-2H3. The Labute approximate surface area is 115 Å². The molecule has 0 saturated carbocycles. The van der Waals surface area contributed by atoms with Gasteiger partial charge in [0.15, 0.2) is 5.78 Å². The zero-order valence-electron chi connectivity index (χ0n) is 10.7. The Morgan fingerprint density at radius 3 is 2.68 bits per heavy atom. The molecule has 0 saturated heterocycles. The maximum Gasteiger partial charge on any atom is 0.306 e. The number of phenolic OH excluding ortho intramolecular Hbond substituents is 1. The van der Waals surface area contributed by atoms with Crippen molar-refractivity contribution in [2.45, 2.75) is 19.1 Å². The maximum atomic E-state index is 13.3. The summed E-state index contributed by atoms with van der Waals surface area (Å²) >= 11 is 1.35. The predicted molar refractivity (Wildman–Crippen MR) is 70.9 cm³/mol. The second-order valence-electron chi connectivity index (χ2n) is 3.90. The van der Waals surface area contributed by atoms with Crippen LogP contribution in [0.5, 0.6) is 5.75 Å². The van der Waals surface area contributed by atoms with Crippen molar-refractivity contribution in [1.29, 1.82) is 0 Å². The first kappa shape index (κ1) is 15.5. The van der Waals surface area contributed by atoms with Gasteiger partial charge in [-0.25, -0.2) is 4.39 Å². The number of ether oxygens (including phenoxy) is 1. The van der Waals surface area contributed by atoms with Crippen LogP contribution in [-0.2, 0) is 15.3 Å². The second-order valence-corrected chi connectivity index (χ2v) is 5.00. The van der Waals surface area contributed by atoms with E-state index in [0.717, 1.165) is 6.07 Å². The minimum atomic E-state index is -0.563. The highest BCUT2D eigenvalue weighted by molar-refractivity contribution is 7.98. The smallest absolute Gasteiger partial charge is 0.306 e. The van der Waals surface area contributed by atoms with Crippen molar-refractivity contribution in [3.8, 4) is 5.75 Å². The number of Topliss-reactive ketones (excluding diaryl/α,β-unsaturated/α-hetero) is 1. The molecule has 104 valence electrons. The van der Waals surface area contributed by atoms with E-state index in [-0.39, 0.29) is 23.7 Å². The van der Waals surface area contributed by atoms with E-state index in [0.29, 0.717) is 17.1 Å². The quantitative estimate of drug-likeness (QED) is 0.494. The molecule has 1 aromatic rings. The largest absolute Gasteiger partial charge is 0.507 e. The number of ketones is 1. The highest BCUT2D eigenvalue weighted by atomic mass is 32.2. The third-order valence-corrected chi connectivity index (χ3v) is 3.48. The zero-order valence-corrected chi connectivity index (χ0v) is 11.6. The SMILES string of the molecule is COC(=O)CCSCc1cc(F)cc(C(C)=O)c1O. The van der Waals surface area contributed by atoms with E-state index in [1.807, 2.05) is 0 Å². The summed E-state index contributed by atoms with van der Waals surface area (Å²) in [6, 6.07) is 2.20. The summed E-state index contributed by atoms with van der Waals surface area (Å²) in [4.78, 5) is 22.1. The van der Waals surface area contributed by atoms with Crippen molar-refractivity contribution in [3.63, 3.8) is 0 Å². The molecule has 4 nitrogen and oxygen atoms in total. The van der Waals surface area contributed by atoms with Gasteiger partial charge in [-0.3, -0.25) is 9.59 Å². The van der Waals surface area contributed by atoms with Crippen LogP contribution < -0.4 is 0 Å². The van der Waals surface area contributed by atoms with Crippen LogP contribution in [0.3, 0.4) is 0 Å². The van der Waals surface area contributed by atoms with Gasteiger partial charge in [-0.05, 0) is 19.1 Å². The number of hydrogen-bond acceptors (Lipinski definition) is 5. The topological polar surface area (TPSA) is 63.6 Å². The number of hydrogen-bond donors (Lipinski definition) is 1. The number of benzene rings is 1. The van der Waals surface area contributed by atoms with Gasteiger partial charge in [-0.2, -0.15) is 11.8 Å². The Morgan fingerprint density at radius 1 is 1.42 bits per heavy atom. The van der Waals surface area contributed by atoms with Gasteiger partial charge in [0.05, 0.1) is 19.1 Å². The van der Waals surface area contributed by atoms with E-state index in [2.05, 4.69) is 4.74 Å². The first-order valence-electron chi connectivity index (χ1n) is 5.62. The molecular weight excluding hydrogens is 271 g/mol. The lowest BCUT2D eigenvalue weighted by molar-refractivity contribution is -0.140. The Bertz CT molecular complexity index is 488. The minimum Gasteiger partial charge on any atom is -0.507 e. The number of rotatable bonds is 6. The molecule has 1 rings (SSSR count). The fourth-order valence-electron chi connectivity index (χ4n) is 1.47. The number of esters is 1. The van der Waals surface area contributed by atoms with E-state index < -0.39 is 11.6 Å². The molecule has 0 radical (unpaired) electrons. The van der Waals surface area contributed by atoms with E-state index in [4.69, 9.17) is 0 Å². The summed E-state index contributed by atoms with van der Waals surface area (Å²) in [6.45, 7) is 1.27. The van der Waals surface area contributed by atoms with Crippen LogP contribution in [0, 0.1) is 5.82 Å². The van der Waals surface area contributed by atoms with Crippen LogP contribution in [-0.4, -0.2) is 29.7 Å². The molecule has 6 heteroatoms. The molecule has 0 aromatic heterocycles. The lowest BCUT2D eigenvalue weighted by Crippen LogP contribution is -2.02. The first-order chi connectivity index (χ1) is 8.95. The van der Waals surface area contributed by atoms with Crippen molar-refractivity contribution in [2.75, 3.05) is 12.9 Å². The molecule has 0 aliphatic heterocycles. The molecule has 1 aromatic carbocycles. The van der Waals surface area contributed by atoms with Gasteiger partial charge in [0, 0.05) is 17.1 Å². The number of phenols is 1. The summed E-state index contributed by atoms with van der Waals surface area (Å²) < 4.78 is 17.8. The number of aromatic hydroxyl groups is 1. The second kappa shape index (κ2) is 7.13. The van der Waals surface area contributed by atoms with Crippen LogP contribution in [0.25, 0.3) is 0 Å². The predicted octanol–water partition coefficient (Wildman–Crippen LogP) is 2.53. The van der Waals surface area contributed by atoms with Crippen molar-refractivity contribution in [3.05, 3.63) is 29.1 Å². The fourth-order valence-corrected chi connectivity index (χ4v) is 2.37. The molecule has 0 aliphatic carbocycles. The number of thioether (sulfide) groups is 1. The van der Waals surface area contributed by atoms with Gasteiger partial charge in [0.1, 0.15) is 11.6 Å². The van der Waals surface area contributed by atoms with Crippen molar-refractivity contribution in [1.82, 2.24) is 0 Å². The van der Waals surface area contributed by atoms with Crippen LogP contribution in [0.1, 0.15) is 29.3 Å². The van der Waals surface area contributed by atoms with Crippen LogP contribution in [0.15, 0.2) is 12.1 Å². The Balaban J connectivity index is 2.68. The Morgan fingerprint density at radius 2 is 2.11 bits per heavy atom. The minimum absolute atomic E-state index is 0.0245. The molecule has 0 amide bonds. The van der Waals surface area contributed by atoms with Gasteiger partial charge < -0.3 is 9.84 Å². The number of methoxy groups -OCH3 is 1. The van der Waals surface area contributed by atoms with Gasteiger partial charge in [-0.1, -0.05) is 0 Å². The molecule has 0 aliphatic rings. The Hall–Kier alpha value is -1.56. The summed E-state index contributed by atoms with van der Waals surface area (Å²) in [5, 5.41) is 9.85. The van der Waals surface area contributed by atoms with Crippen LogP contribution >= 0.6 is 11.8 Å². The van der Waals surface area contributed by atoms with Crippen molar-refractivity contribution in [2.24, 2.45) is 0 Å². The molecule has 19 heavy (non-hydrogen) atoms. The lowest BCUT2D eigenvalue weighted by Gasteiger charge is -2.08. The number of halogens is 1. The molecule has 0 atom stereocenters. The average molecular weight is 286 g/mol. The summed E-state index contributed by atoms with van der Waals surface area (Å²) in [5.74, 6) is -0.650. The molecule has 0 unspecified atom stereocenters. The van der Waals surface area contributed by atoms with Gasteiger partial charge in [-0.15, -0.1) is 0 Å². The highest BCUT2D eigenvalue weighted by Crippen LogP contribution is 2.28. The molecule has 0 bridgehead atoms. The molecular formula is C13H15FO4S. The average Bonchev–Trinajstić information content (AvgIpc) is 2.37. The zero-order chi connectivity index (χ0) is 14.4. The van der Waals surface area contributed by atoms with Crippen molar-refractivity contribution < 1.29 is 23.8 Å². The summed E-state index contributed by atoms with van der Waals surface area (Å²) in [7, 11) is 1.31. The molecule has 1 N–H and O–H groups in total. The highest BCUT2D eigenvalue weighted by Gasteiger charge is 2.13. The first-order valence-corrected chi connectivity index (χ1v) is 6.78.